The highest BCUT2D eigenvalue weighted by molar-refractivity contribution is 5.53. The predicted molar refractivity (Wildman–Crippen MR) is 57.5 cm³/mol. The minimum atomic E-state index is -0.694. The van der Waals surface area contributed by atoms with Gasteiger partial charge in [-0.3, -0.25) is 4.98 Å². The lowest BCUT2D eigenvalue weighted by molar-refractivity contribution is 0.00801. The molecule has 0 radical (unpaired) electrons. The van der Waals surface area contributed by atoms with Gasteiger partial charge < -0.3 is 20.8 Å². The van der Waals surface area contributed by atoms with Crippen LogP contribution < -0.4 is 10.6 Å². The molecular weight excluding hydrogens is 194 g/mol. The molecule has 2 heterocycles. The molecule has 0 aromatic carbocycles. The number of nitrogens with zero attached hydrogens (tertiary/aromatic N) is 2. The van der Waals surface area contributed by atoms with Crippen LogP contribution in [0.5, 0.6) is 0 Å². The first-order valence-electron chi connectivity index (χ1n) is 4.98. The molecule has 2 atom stereocenters. The average molecular weight is 209 g/mol. The van der Waals surface area contributed by atoms with Crippen LogP contribution in [0.4, 0.5) is 11.4 Å². The van der Waals surface area contributed by atoms with Crippen molar-refractivity contribution in [1.82, 2.24) is 4.98 Å². The van der Waals surface area contributed by atoms with Gasteiger partial charge in [-0.05, 0) is 12.5 Å². The fourth-order valence-electron chi connectivity index (χ4n) is 1.77. The lowest BCUT2D eigenvalue weighted by Gasteiger charge is -2.34. The van der Waals surface area contributed by atoms with E-state index >= 15 is 0 Å². The van der Waals surface area contributed by atoms with E-state index < -0.39 is 12.2 Å². The second-order valence-corrected chi connectivity index (χ2v) is 3.85. The third kappa shape index (κ3) is 2.19. The number of pyridine rings is 1. The van der Waals surface area contributed by atoms with Crippen LogP contribution in [0.15, 0.2) is 18.5 Å². The summed E-state index contributed by atoms with van der Waals surface area (Å²) in [6.07, 6.45) is 2.55. The van der Waals surface area contributed by atoms with E-state index in [1.54, 1.807) is 12.4 Å². The molecule has 1 aliphatic heterocycles. The quantitative estimate of drug-likeness (QED) is 0.586. The monoisotopic (exact) mass is 209 g/mol. The first-order valence-corrected chi connectivity index (χ1v) is 4.98. The first-order chi connectivity index (χ1) is 7.16. The van der Waals surface area contributed by atoms with E-state index in [0.29, 0.717) is 25.2 Å². The molecular formula is C10H15N3O2. The molecule has 15 heavy (non-hydrogen) atoms. The molecule has 0 aliphatic carbocycles. The number of nitrogen functional groups attached to an aromatic ring is 1. The maximum Gasteiger partial charge on any atom is 0.0974 e. The minimum Gasteiger partial charge on any atom is -0.397 e. The highest BCUT2D eigenvalue weighted by Gasteiger charge is 2.25. The van der Waals surface area contributed by atoms with E-state index in [0.717, 1.165) is 5.69 Å². The molecule has 1 aliphatic rings. The van der Waals surface area contributed by atoms with Crippen molar-refractivity contribution in [3.05, 3.63) is 18.5 Å². The largest absolute Gasteiger partial charge is 0.397 e. The first kappa shape index (κ1) is 10.2. The minimum absolute atomic E-state index is 0.423. The van der Waals surface area contributed by atoms with Gasteiger partial charge in [-0.15, -0.1) is 0 Å². The summed E-state index contributed by atoms with van der Waals surface area (Å²) < 4.78 is 0. The van der Waals surface area contributed by atoms with Gasteiger partial charge in [0, 0.05) is 19.3 Å². The third-order valence-corrected chi connectivity index (χ3v) is 2.66. The fraction of sp³-hybridized carbons (Fsp3) is 0.500. The van der Waals surface area contributed by atoms with Crippen molar-refractivity contribution in [1.29, 1.82) is 0 Å². The van der Waals surface area contributed by atoms with Gasteiger partial charge in [-0.25, -0.2) is 0 Å². The van der Waals surface area contributed by atoms with E-state index in [9.17, 15) is 10.2 Å². The van der Waals surface area contributed by atoms with Gasteiger partial charge in [0.25, 0.3) is 0 Å². The molecule has 0 spiro atoms. The van der Waals surface area contributed by atoms with Crippen molar-refractivity contribution < 1.29 is 10.2 Å². The van der Waals surface area contributed by atoms with Gasteiger partial charge in [0.15, 0.2) is 0 Å². The van der Waals surface area contributed by atoms with E-state index in [2.05, 4.69) is 4.98 Å². The van der Waals surface area contributed by atoms with Crippen LogP contribution in [0.3, 0.4) is 0 Å². The van der Waals surface area contributed by atoms with Crippen molar-refractivity contribution in [2.45, 2.75) is 18.6 Å². The SMILES string of the molecule is Nc1cncc(N2CC[C@H](O)[C@H](O)C2)c1. The van der Waals surface area contributed by atoms with Crippen LogP contribution in [0.2, 0.25) is 0 Å². The molecule has 0 unspecified atom stereocenters. The Labute approximate surface area is 88.2 Å². The summed E-state index contributed by atoms with van der Waals surface area (Å²) in [4.78, 5) is 5.97. The molecule has 1 fully saturated rings. The van der Waals surface area contributed by atoms with Gasteiger partial charge >= 0.3 is 0 Å². The molecule has 4 N–H and O–H groups in total. The van der Waals surface area contributed by atoms with Crippen molar-refractivity contribution in [3.8, 4) is 0 Å². The number of piperidine rings is 1. The summed E-state index contributed by atoms with van der Waals surface area (Å²) in [6, 6.07) is 1.82. The van der Waals surface area contributed by atoms with Crippen molar-refractivity contribution in [2.75, 3.05) is 23.7 Å². The Morgan fingerprint density at radius 2 is 2.13 bits per heavy atom. The lowest BCUT2D eigenvalue weighted by atomic mass is 10.0. The van der Waals surface area contributed by atoms with Crippen LogP contribution in [-0.2, 0) is 0 Å². The Balaban J connectivity index is 2.12. The summed E-state index contributed by atoms with van der Waals surface area (Å²) in [5, 5.41) is 18.9. The number of nitrogens with two attached hydrogens (primary N) is 1. The number of aliphatic hydroxyl groups is 2. The maximum atomic E-state index is 9.54. The molecule has 0 saturated carbocycles. The third-order valence-electron chi connectivity index (χ3n) is 2.66. The Morgan fingerprint density at radius 3 is 2.80 bits per heavy atom. The number of aromatic nitrogens is 1. The lowest BCUT2D eigenvalue weighted by Crippen LogP contribution is -2.46. The number of hydrogen-bond donors (Lipinski definition) is 3. The van der Waals surface area contributed by atoms with Crippen molar-refractivity contribution in [2.24, 2.45) is 0 Å². The number of aliphatic hydroxyl groups excluding tert-OH is 2. The Hall–Kier alpha value is -1.33. The Morgan fingerprint density at radius 1 is 1.33 bits per heavy atom. The zero-order valence-corrected chi connectivity index (χ0v) is 8.37. The standard InChI is InChI=1S/C10H15N3O2/c11-7-3-8(5-12-4-7)13-2-1-9(14)10(15)6-13/h3-5,9-10,14-15H,1-2,6,11H2/t9-,10+/m0/s1. The molecule has 1 aromatic rings. The molecule has 0 bridgehead atoms. The zero-order valence-electron chi connectivity index (χ0n) is 8.37. The highest BCUT2D eigenvalue weighted by atomic mass is 16.3. The van der Waals surface area contributed by atoms with E-state index in [1.807, 2.05) is 11.0 Å². The van der Waals surface area contributed by atoms with E-state index in [-0.39, 0.29) is 0 Å². The normalized spacial score (nSPS) is 26.7. The van der Waals surface area contributed by atoms with Gasteiger partial charge in [0.2, 0.25) is 0 Å². The summed E-state index contributed by atoms with van der Waals surface area (Å²) in [5.74, 6) is 0. The Kier molecular flexibility index (Phi) is 2.75. The number of rotatable bonds is 1. The zero-order chi connectivity index (χ0) is 10.8. The number of β-amino-alcohol motifs (C(OH)–C–C–N with tert-alkyl or cyclic N) is 1. The summed E-state index contributed by atoms with van der Waals surface area (Å²) in [6.45, 7) is 1.13. The van der Waals surface area contributed by atoms with Crippen LogP contribution in [0.25, 0.3) is 0 Å². The Bertz CT molecular complexity index is 345. The molecule has 5 nitrogen and oxygen atoms in total. The second-order valence-electron chi connectivity index (χ2n) is 3.85. The molecule has 82 valence electrons. The highest BCUT2D eigenvalue weighted by Crippen LogP contribution is 2.20. The predicted octanol–water partition coefficient (Wildman–Crippen LogP) is -0.404. The van der Waals surface area contributed by atoms with Crippen LogP contribution in [0.1, 0.15) is 6.42 Å². The van der Waals surface area contributed by atoms with Gasteiger partial charge in [0.05, 0.1) is 29.8 Å². The molecule has 1 aromatic heterocycles. The molecule has 2 rings (SSSR count). The topological polar surface area (TPSA) is 82.6 Å². The molecule has 0 amide bonds. The van der Waals surface area contributed by atoms with Gasteiger partial charge in [-0.2, -0.15) is 0 Å². The van der Waals surface area contributed by atoms with E-state index in [4.69, 9.17) is 5.73 Å². The summed E-state index contributed by atoms with van der Waals surface area (Å²) in [7, 11) is 0. The van der Waals surface area contributed by atoms with Crippen molar-refractivity contribution in [3.63, 3.8) is 0 Å². The smallest absolute Gasteiger partial charge is 0.0974 e. The van der Waals surface area contributed by atoms with Gasteiger partial charge in [0.1, 0.15) is 0 Å². The van der Waals surface area contributed by atoms with Crippen LogP contribution >= 0.6 is 0 Å². The van der Waals surface area contributed by atoms with E-state index in [1.165, 1.54) is 0 Å². The second kappa shape index (κ2) is 4.04. The molecule has 5 heteroatoms. The summed E-state index contributed by atoms with van der Waals surface area (Å²) in [5.41, 5.74) is 7.12. The van der Waals surface area contributed by atoms with Crippen molar-refractivity contribution >= 4 is 11.4 Å². The summed E-state index contributed by atoms with van der Waals surface area (Å²) >= 11 is 0. The maximum absolute atomic E-state index is 9.54. The van der Waals surface area contributed by atoms with Crippen LogP contribution in [0, 0.1) is 0 Å². The fourth-order valence-corrected chi connectivity index (χ4v) is 1.77. The van der Waals surface area contributed by atoms with Gasteiger partial charge in [-0.1, -0.05) is 0 Å². The average Bonchev–Trinajstić information content (AvgIpc) is 2.22. The molecule has 1 saturated heterocycles. The number of hydrogen-bond acceptors (Lipinski definition) is 5. The number of anilines is 2. The van der Waals surface area contributed by atoms with Crippen LogP contribution in [-0.4, -0.2) is 40.5 Å².